The van der Waals surface area contributed by atoms with E-state index in [0.29, 0.717) is 17.5 Å². The van der Waals surface area contributed by atoms with Crippen LogP contribution in [0.15, 0.2) is 24.3 Å². The van der Waals surface area contributed by atoms with Crippen molar-refractivity contribution in [1.82, 2.24) is 0 Å². The van der Waals surface area contributed by atoms with Crippen molar-refractivity contribution in [2.24, 2.45) is 0 Å². The molecule has 0 saturated carbocycles. The number of fused-ring (bicyclic) bond motifs is 3. The highest BCUT2D eigenvalue weighted by Crippen LogP contribution is 2.55. The smallest absolute Gasteiger partial charge is 0.346 e. The van der Waals surface area contributed by atoms with Gasteiger partial charge in [0.05, 0.1) is 12.7 Å². The van der Waals surface area contributed by atoms with E-state index in [2.05, 4.69) is 0 Å². The number of esters is 1. The third kappa shape index (κ3) is 1.59. The molecule has 112 valence electrons. The molecule has 0 bridgehead atoms. The molecule has 0 amide bonds. The van der Waals surface area contributed by atoms with Crippen molar-refractivity contribution in [3.63, 3.8) is 0 Å². The molecule has 1 saturated heterocycles. The quantitative estimate of drug-likeness (QED) is 0.795. The number of aliphatic hydroxyl groups is 1. The summed E-state index contributed by atoms with van der Waals surface area (Å²) in [6, 6.07) is 6.67. The third-order valence-corrected chi connectivity index (χ3v) is 4.50. The fourth-order valence-corrected chi connectivity index (χ4v) is 3.43. The number of ether oxygens (including phenoxy) is 2. The van der Waals surface area contributed by atoms with Crippen molar-refractivity contribution in [1.29, 1.82) is 0 Å². The molecule has 5 nitrogen and oxygen atoms in total. The van der Waals surface area contributed by atoms with Crippen LogP contribution in [-0.4, -0.2) is 35.2 Å². The molecule has 2 atom stereocenters. The fraction of sp³-hybridized carbons (Fsp3) is 0.500. The largest absolute Gasteiger partial charge is 0.467 e. The normalized spacial score (nSPS) is 33.2. The lowest BCUT2D eigenvalue weighted by Gasteiger charge is -2.48. The summed E-state index contributed by atoms with van der Waals surface area (Å²) in [4.78, 5) is 25.2. The van der Waals surface area contributed by atoms with Gasteiger partial charge in [0.1, 0.15) is 0 Å². The van der Waals surface area contributed by atoms with Crippen molar-refractivity contribution < 1.29 is 24.2 Å². The van der Waals surface area contributed by atoms with Crippen LogP contribution < -0.4 is 0 Å². The van der Waals surface area contributed by atoms with E-state index in [-0.39, 0.29) is 6.42 Å². The SMILES string of the molecule is COC(=O)[C@]12OC(C)(C)CC[C@@]1(O)C(=O)c1ccccc12. The van der Waals surface area contributed by atoms with Crippen LogP contribution in [0.2, 0.25) is 0 Å². The van der Waals surface area contributed by atoms with Gasteiger partial charge in [-0.15, -0.1) is 0 Å². The van der Waals surface area contributed by atoms with E-state index in [1.165, 1.54) is 7.11 Å². The monoisotopic (exact) mass is 290 g/mol. The third-order valence-electron chi connectivity index (χ3n) is 4.50. The minimum Gasteiger partial charge on any atom is -0.467 e. The number of ketones is 1. The molecule has 1 aromatic carbocycles. The predicted octanol–water partition coefficient (Wildman–Crippen LogP) is 1.57. The number of benzene rings is 1. The summed E-state index contributed by atoms with van der Waals surface area (Å²) in [6.45, 7) is 3.67. The van der Waals surface area contributed by atoms with Gasteiger partial charge in [-0.1, -0.05) is 24.3 Å². The Morgan fingerprint density at radius 2 is 1.95 bits per heavy atom. The molecule has 5 heteroatoms. The summed E-state index contributed by atoms with van der Waals surface area (Å²) >= 11 is 0. The van der Waals surface area contributed by atoms with Crippen LogP contribution in [0.5, 0.6) is 0 Å². The van der Waals surface area contributed by atoms with Gasteiger partial charge in [-0.05, 0) is 26.7 Å². The van der Waals surface area contributed by atoms with Gasteiger partial charge in [0.25, 0.3) is 0 Å². The summed E-state index contributed by atoms with van der Waals surface area (Å²) in [5, 5.41) is 11.0. The zero-order valence-corrected chi connectivity index (χ0v) is 12.3. The molecule has 1 fully saturated rings. The van der Waals surface area contributed by atoms with E-state index in [4.69, 9.17) is 9.47 Å². The van der Waals surface area contributed by atoms with Gasteiger partial charge in [-0.25, -0.2) is 4.79 Å². The second-order valence-corrected chi connectivity index (χ2v) is 6.27. The number of methoxy groups -OCH3 is 1. The average molecular weight is 290 g/mol. The Balaban J connectivity index is 2.32. The van der Waals surface area contributed by atoms with Crippen molar-refractivity contribution in [2.75, 3.05) is 7.11 Å². The topological polar surface area (TPSA) is 72.8 Å². The molecule has 1 aromatic rings. The van der Waals surface area contributed by atoms with Crippen LogP contribution in [0.4, 0.5) is 0 Å². The maximum atomic E-state index is 12.7. The molecular weight excluding hydrogens is 272 g/mol. The van der Waals surface area contributed by atoms with Gasteiger partial charge >= 0.3 is 5.97 Å². The van der Waals surface area contributed by atoms with E-state index < -0.39 is 28.6 Å². The number of rotatable bonds is 1. The molecular formula is C16H18O5. The molecule has 1 aliphatic carbocycles. The van der Waals surface area contributed by atoms with E-state index >= 15 is 0 Å². The van der Waals surface area contributed by atoms with Crippen LogP contribution in [-0.2, 0) is 19.9 Å². The minimum atomic E-state index is -1.90. The van der Waals surface area contributed by atoms with E-state index in [0.717, 1.165) is 0 Å². The number of carbonyl (C=O) groups is 2. The molecule has 1 N–H and O–H groups in total. The lowest BCUT2D eigenvalue weighted by molar-refractivity contribution is -0.256. The Morgan fingerprint density at radius 1 is 1.29 bits per heavy atom. The van der Waals surface area contributed by atoms with Crippen LogP contribution >= 0.6 is 0 Å². The van der Waals surface area contributed by atoms with Gasteiger partial charge in [0.15, 0.2) is 11.4 Å². The molecule has 0 spiro atoms. The number of hydrogen-bond donors (Lipinski definition) is 1. The molecule has 2 aliphatic rings. The van der Waals surface area contributed by atoms with E-state index in [1.807, 2.05) is 13.8 Å². The maximum Gasteiger partial charge on any atom is 0.346 e. The predicted molar refractivity (Wildman–Crippen MR) is 73.8 cm³/mol. The first-order chi connectivity index (χ1) is 9.78. The first-order valence-corrected chi connectivity index (χ1v) is 6.94. The van der Waals surface area contributed by atoms with E-state index in [1.54, 1.807) is 24.3 Å². The Hall–Kier alpha value is -1.72. The van der Waals surface area contributed by atoms with Crippen molar-refractivity contribution in [2.45, 2.75) is 43.5 Å². The zero-order chi connectivity index (χ0) is 15.5. The van der Waals surface area contributed by atoms with Crippen LogP contribution in [0, 0.1) is 0 Å². The molecule has 0 aromatic heterocycles. The standard InChI is InChI=1S/C16H18O5/c1-14(2)8-9-15(19)12(17)10-6-4-5-7-11(10)16(15,21-14)13(18)20-3/h4-7,19H,8-9H2,1-3H3/t15-,16+/m1/s1. The first-order valence-electron chi connectivity index (χ1n) is 6.94. The summed E-state index contributed by atoms with van der Waals surface area (Å²) in [5.74, 6) is -1.21. The summed E-state index contributed by atoms with van der Waals surface area (Å²) in [5.41, 5.74) is -3.62. The van der Waals surface area contributed by atoms with Gasteiger partial charge in [-0.2, -0.15) is 0 Å². The van der Waals surface area contributed by atoms with Crippen molar-refractivity contribution >= 4 is 11.8 Å². The molecule has 21 heavy (non-hydrogen) atoms. The first kappa shape index (κ1) is 14.2. The highest BCUT2D eigenvalue weighted by atomic mass is 16.6. The molecule has 0 unspecified atom stereocenters. The van der Waals surface area contributed by atoms with Crippen molar-refractivity contribution in [3.8, 4) is 0 Å². The van der Waals surface area contributed by atoms with Gasteiger partial charge in [0.2, 0.25) is 5.60 Å². The molecule has 3 rings (SSSR count). The number of Topliss-reactive ketones (excluding diaryl/α,β-unsaturated/α-hetero) is 1. The van der Waals surface area contributed by atoms with Crippen molar-refractivity contribution in [3.05, 3.63) is 35.4 Å². The summed E-state index contributed by atoms with van der Waals surface area (Å²) in [7, 11) is 1.23. The maximum absolute atomic E-state index is 12.7. The lowest BCUT2D eigenvalue weighted by Crippen LogP contribution is -2.64. The lowest BCUT2D eigenvalue weighted by atomic mass is 9.73. The second-order valence-electron chi connectivity index (χ2n) is 6.27. The van der Waals surface area contributed by atoms with Crippen LogP contribution in [0.25, 0.3) is 0 Å². The fourth-order valence-electron chi connectivity index (χ4n) is 3.43. The van der Waals surface area contributed by atoms with E-state index in [9.17, 15) is 14.7 Å². The number of carbonyl (C=O) groups excluding carboxylic acids is 2. The highest BCUT2D eigenvalue weighted by Gasteiger charge is 2.72. The second kappa shape index (κ2) is 4.15. The number of hydrogen-bond acceptors (Lipinski definition) is 5. The summed E-state index contributed by atoms with van der Waals surface area (Å²) in [6.07, 6.45) is 0.630. The van der Waals surface area contributed by atoms with Crippen LogP contribution in [0.1, 0.15) is 42.6 Å². The Bertz CT molecular complexity index is 635. The van der Waals surface area contributed by atoms with Gasteiger partial charge < -0.3 is 14.6 Å². The molecule has 0 radical (unpaired) electrons. The molecule has 1 aliphatic heterocycles. The Labute approximate surface area is 122 Å². The van der Waals surface area contributed by atoms with Gasteiger partial charge in [-0.3, -0.25) is 4.79 Å². The van der Waals surface area contributed by atoms with Crippen LogP contribution in [0.3, 0.4) is 0 Å². The van der Waals surface area contributed by atoms with Gasteiger partial charge in [0, 0.05) is 11.1 Å². The minimum absolute atomic E-state index is 0.155. The average Bonchev–Trinajstić information content (AvgIpc) is 2.66. The summed E-state index contributed by atoms with van der Waals surface area (Å²) < 4.78 is 10.9. The molecule has 1 heterocycles. The zero-order valence-electron chi connectivity index (χ0n) is 12.3. The highest BCUT2D eigenvalue weighted by molar-refractivity contribution is 6.13. The Kier molecular flexibility index (Phi) is 2.81. The Morgan fingerprint density at radius 3 is 2.62 bits per heavy atom.